The largest absolute Gasteiger partial charge is 0.493 e. The molecule has 0 unspecified atom stereocenters. The normalized spacial score (nSPS) is 14.0. The maximum Gasteiger partial charge on any atom is 0.257 e. The molecule has 1 N–H and O–H groups in total. The molecule has 1 aliphatic rings. The Hall–Kier alpha value is -2.48. The topological polar surface area (TPSA) is 80.3 Å². The summed E-state index contributed by atoms with van der Waals surface area (Å²) in [5, 5.41) is 3.19. The summed E-state index contributed by atoms with van der Waals surface area (Å²) in [7, 11) is 6.04. The van der Waals surface area contributed by atoms with Gasteiger partial charge in [-0.15, -0.1) is 0 Å². The minimum atomic E-state index is -0.318. The van der Waals surface area contributed by atoms with Crippen molar-refractivity contribution < 1.29 is 23.8 Å². The molecule has 2 amide bonds. The number of methoxy groups -OCH3 is 3. The Balaban J connectivity index is 2.17. The Morgan fingerprint density at radius 1 is 1.08 bits per heavy atom. The number of nitrogens with one attached hydrogen (secondary N) is 1. The van der Waals surface area contributed by atoms with Crippen LogP contribution in [0.1, 0.15) is 10.4 Å². The summed E-state index contributed by atoms with van der Waals surface area (Å²) in [6, 6.07) is 3.24. The Morgan fingerprint density at radius 2 is 1.72 bits per heavy atom. The molecule has 0 saturated carbocycles. The van der Waals surface area contributed by atoms with Crippen molar-refractivity contribution in [2.24, 2.45) is 0 Å². The molecule has 8 heteroatoms. The van der Waals surface area contributed by atoms with E-state index in [1.165, 1.54) is 26.2 Å². The van der Waals surface area contributed by atoms with E-state index in [0.717, 1.165) is 13.1 Å². The molecule has 1 heterocycles. The molecule has 0 atom stereocenters. The van der Waals surface area contributed by atoms with E-state index in [1.807, 2.05) is 0 Å². The molecule has 1 aromatic rings. The summed E-state index contributed by atoms with van der Waals surface area (Å²) < 4.78 is 15.9. The lowest BCUT2D eigenvalue weighted by Gasteiger charge is -2.29. The molecular formula is C17H25N3O5. The fourth-order valence-electron chi connectivity index (χ4n) is 2.76. The van der Waals surface area contributed by atoms with Crippen LogP contribution in [0.4, 0.5) is 0 Å². The highest BCUT2D eigenvalue weighted by Gasteiger charge is 2.25. The molecule has 1 aromatic carbocycles. The van der Waals surface area contributed by atoms with Crippen LogP contribution in [-0.4, -0.2) is 82.7 Å². The third-order valence-corrected chi connectivity index (χ3v) is 4.12. The van der Waals surface area contributed by atoms with Crippen LogP contribution in [0, 0.1) is 0 Å². The highest BCUT2D eigenvalue weighted by atomic mass is 16.5. The third kappa shape index (κ3) is 4.14. The number of nitrogens with zero attached hydrogens (tertiary/aromatic N) is 2. The van der Waals surface area contributed by atoms with Gasteiger partial charge in [-0.2, -0.15) is 0 Å². The van der Waals surface area contributed by atoms with E-state index in [9.17, 15) is 9.59 Å². The summed E-state index contributed by atoms with van der Waals surface area (Å²) >= 11 is 0. The summed E-state index contributed by atoms with van der Waals surface area (Å²) in [4.78, 5) is 28.3. The second kappa shape index (κ2) is 8.57. The summed E-state index contributed by atoms with van der Waals surface area (Å²) in [6.07, 6.45) is 0. The molecular weight excluding hydrogens is 326 g/mol. The molecule has 0 aliphatic carbocycles. The number of rotatable bonds is 6. The van der Waals surface area contributed by atoms with Crippen molar-refractivity contribution in [2.45, 2.75) is 0 Å². The quantitative estimate of drug-likeness (QED) is 0.790. The van der Waals surface area contributed by atoms with E-state index in [-0.39, 0.29) is 24.1 Å². The molecule has 138 valence electrons. The van der Waals surface area contributed by atoms with Crippen LogP contribution in [0.2, 0.25) is 0 Å². The van der Waals surface area contributed by atoms with Gasteiger partial charge < -0.3 is 29.3 Å². The van der Waals surface area contributed by atoms with Gasteiger partial charge in [0.1, 0.15) is 0 Å². The summed E-state index contributed by atoms with van der Waals surface area (Å²) in [6.45, 7) is 2.86. The molecule has 1 fully saturated rings. The predicted octanol–water partition coefficient (Wildman–Crippen LogP) is 0.216. The van der Waals surface area contributed by atoms with Gasteiger partial charge in [-0.3, -0.25) is 9.59 Å². The SMILES string of the molecule is COc1ccc(C(=O)N(C)CC(=O)N2CCNCC2)c(OC)c1OC. The van der Waals surface area contributed by atoms with Gasteiger partial charge in [0.15, 0.2) is 11.5 Å². The predicted molar refractivity (Wildman–Crippen MR) is 92.5 cm³/mol. The van der Waals surface area contributed by atoms with Crippen molar-refractivity contribution in [3.8, 4) is 17.2 Å². The molecule has 25 heavy (non-hydrogen) atoms. The molecule has 1 aliphatic heterocycles. The van der Waals surface area contributed by atoms with E-state index in [4.69, 9.17) is 14.2 Å². The zero-order valence-corrected chi connectivity index (χ0v) is 15.1. The molecule has 1 saturated heterocycles. The van der Waals surface area contributed by atoms with E-state index in [2.05, 4.69) is 5.32 Å². The van der Waals surface area contributed by atoms with Crippen LogP contribution < -0.4 is 19.5 Å². The lowest BCUT2D eigenvalue weighted by Crippen LogP contribution is -2.49. The van der Waals surface area contributed by atoms with Crippen LogP contribution >= 0.6 is 0 Å². The molecule has 0 aromatic heterocycles. The highest BCUT2D eigenvalue weighted by Crippen LogP contribution is 2.40. The first-order valence-corrected chi connectivity index (χ1v) is 8.06. The van der Waals surface area contributed by atoms with Crippen molar-refractivity contribution in [3.63, 3.8) is 0 Å². The molecule has 0 bridgehead atoms. The highest BCUT2D eigenvalue weighted by molar-refractivity contribution is 5.99. The average Bonchev–Trinajstić information content (AvgIpc) is 2.66. The van der Waals surface area contributed by atoms with E-state index < -0.39 is 0 Å². The second-order valence-electron chi connectivity index (χ2n) is 5.67. The Labute approximate surface area is 147 Å². The van der Waals surface area contributed by atoms with Crippen molar-refractivity contribution in [1.82, 2.24) is 15.1 Å². The number of ether oxygens (including phenoxy) is 3. The number of benzene rings is 1. The van der Waals surface area contributed by atoms with Crippen molar-refractivity contribution in [1.29, 1.82) is 0 Å². The fourth-order valence-corrected chi connectivity index (χ4v) is 2.76. The molecule has 2 rings (SSSR count). The maximum absolute atomic E-state index is 12.8. The van der Waals surface area contributed by atoms with Gasteiger partial charge in [0, 0.05) is 33.2 Å². The minimum absolute atomic E-state index is 0.0103. The van der Waals surface area contributed by atoms with Crippen LogP contribution in [0.15, 0.2) is 12.1 Å². The van der Waals surface area contributed by atoms with E-state index in [0.29, 0.717) is 30.2 Å². The number of carbonyl (C=O) groups is 2. The lowest BCUT2D eigenvalue weighted by atomic mass is 10.1. The van der Waals surface area contributed by atoms with Gasteiger partial charge in [0.25, 0.3) is 5.91 Å². The fraction of sp³-hybridized carbons (Fsp3) is 0.529. The summed E-state index contributed by atoms with van der Waals surface area (Å²) in [5.41, 5.74) is 0.316. The van der Waals surface area contributed by atoms with Crippen LogP contribution in [0.3, 0.4) is 0 Å². The standard InChI is InChI=1S/C17H25N3O5/c1-19(11-14(21)20-9-7-18-8-10-20)17(22)12-5-6-13(23-2)16(25-4)15(12)24-3/h5-6,18H,7-11H2,1-4H3. The first kappa shape index (κ1) is 18.9. The van der Waals surface area contributed by atoms with Gasteiger partial charge in [0.05, 0.1) is 33.4 Å². The Bertz CT molecular complexity index is 629. The lowest BCUT2D eigenvalue weighted by molar-refractivity contribution is -0.132. The first-order valence-electron chi connectivity index (χ1n) is 8.06. The zero-order valence-electron chi connectivity index (χ0n) is 15.1. The number of likely N-dealkylation sites (N-methyl/N-ethyl adjacent to an activating group) is 1. The smallest absolute Gasteiger partial charge is 0.257 e. The zero-order chi connectivity index (χ0) is 18.4. The number of piperazine rings is 1. The Morgan fingerprint density at radius 3 is 2.28 bits per heavy atom. The van der Waals surface area contributed by atoms with Crippen molar-refractivity contribution in [3.05, 3.63) is 17.7 Å². The number of hydrogen-bond acceptors (Lipinski definition) is 6. The van der Waals surface area contributed by atoms with Gasteiger partial charge >= 0.3 is 0 Å². The van der Waals surface area contributed by atoms with Gasteiger partial charge in [0.2, 0.25) is 11.7 Å². The number of amides is 2. The average molecular weight is 351 g/mol. The van der Waals surface area contributed by atoms with Gasteiger partial charge in [-0.1, -0.05) is 0 Å². The van der Waals surface area contributed by atoms with Gasteiger partial charge in [-0.25, -0.2) is 0 Å². The van der Waals surface area contributed by atoms with Crippen LogP contribution in [-0.2, 0) is 4.79 Å². The summed E-state index contributed by atoms with van der Waals surface area (Å²) in [5.74, 6) is 0.708. The first-order chi connectivity index (χ1) is 12.0. The van der Waals surface area contributed by atoms with E-state index in [1.54, 1.807) is 24.1 Å². The second-order valence-corrected chi connectivity index (χ2v) is 5.67. The molecule has 0 radical (unpaired) electrons. The third-order valence-electron chi connectivity index (χ3n) is 4.12. The Kier molecular flexibility index (Phi) is 6.46. The number of hydrogen-bond donors (Lipinski definition) is 1. The van der Waals surface area contributed by atoms with Gasteiger partial charge in [-0.05, 0) is 12.1 Å². The minimum Gasteiger partial charge on any atom is -0.493 e. The number of carbonyl (C=O) groups excluding carboxylic acids is 2. The maximum atomic E-state index is 12.8. The molecule has 8 nitrogen and oxygen atoms in total. The van der Waals surface area contributed by atoms with Crippen molar-refractivity contribution in [2.75, 3.05) is 61.1 Å². The van der Waals surface area contributed by atoms with E-state index >= 15 is 0 Å². The molecule has 0 spiro atoms. The van der Waals surface area contributed by atoms with Crippen LogP contribution in [0.25, 0.3) is 0 Å². The van der Waals surface area contributed by atoms with Crippen LogP contribution in [0.5, 0.6) is 17.2 Å². The monoisotopic (exact) mass is 351 g/mol. The van der Waals surface area contributed by atoms with Crippen molar-refractivity contribution >= 4 is 11.8 Å².